The largest absolute Gasteiger partial charge is 0.491 e. The molecule has 0 saturated heterocycles. The van der Waals surface area contributed by atoms with Gasteiger partial charge >= 0.3 is 0 Å². The van der Waals surface area contributed by atoms with Gasteiger partial charge in [0.1, 0.15) is 5.54 Å². The summed E-state index contributed by atoms with van der Waals surface area (Å²) in [6.45, 7) is 4.24. The molecule has 0 heterocycles. The lowest BCUT2D eigenvalue weighted by Gasteiger charge is -2.23. The van der Waals surface area contributed by atoms with Gasteiger partial charge in [-0.2, -0.15) is 5.26 Å². The smallest absolute Gasteiger partial charge is 0.165 e. The van der Waals surface area contributed by atoms with E-state index >= 15 is 0 Å². The Hall–Kier alpha value is -1.60. The first-order valence-corrected chi connectivity index (χ1v) is 7.10. The highest BCUT2D eigenvalue weighted by atomic mass is 19.1. The molecule has 0 spiro atoms. The summed E-state index contributed by atoms with van der Waals surface area (Å²) in [6, 6.07) is 7.65. The second-order valence-electron chi connectivity index (χ2n) is 5.75. The summed E-state index contributed by atoms with van der Waals surface area (Å²) >= 11 is 0. The van der Waals surface area contributed by atoms with Crippen molar-refractivity contribution in [2.75, 3.05) is 6.61 Å². The minimum absolute atomic E-state index is 0.291. The van der Waals surface area contributed by atoms with E-state index in [0.29, 0.717) is 24.8 Å². The summed E-state index contributed by atoms with van der Waals surface area (Å²) in [5.74, 6) is -0.0476. The van der Waals surface area contributed by atoms with Crippen LogP contribution in [0.3, 0.4) is 0 Å². The highest BCUT2D eigenvalue weighted by Gasteiger charge is 2.31. The van der Waals surface area contributed by atoms with Crippen LogP contribution in [0.15, 0.2) is 18.2 Å². The molecular formula is C16H21FN2O. The number of nitriles is 1. The van der Waals surface area contributed by atoms with Crippen LogP contribution in [0.1, 0.15) is 38.2 Å². The molecule has 1 aliphatic carbocycles. The first-order chi connectivity index (χ1) is 9.52. The molecule has 1 fully saturated rings. The molecule has 1 saturated carbocycles. The predicted octanol–water partition coefficient (Wildman–Crippen LogP) is 3.33. The second kappa shape index (κ2) is 6.23. The van der Waals surface area contributed by atoms with E-state index in [1.54, 1.807) is 12.1 Å². The first kappa shape index (κ1) is 14.8. The molecule has 0 aliphatic heterocycles. The lowest BCUT2D eigenvalue weighted by Crippen LogP contribution is -2.42. The number of benzene rings is 1. The predicted molar refractivity (Wildman–Crippen MR) is 76.0 cm³/mol. The number of ether oxygens (including phenoxy) is 1. The van der Waals surface area contributed by atoms with Gasteiger partial charge in [0.15, 0.2) is 11.6 Å². The molecule has 2 rings (SSSR count). The molecule has 1 unspecified atom stereocenters. The topological polar surface area (TPSA) is 45.0 Å². The zero-order valence-corrected chi connectivity index (χ0v) is 12.1. The molecule has 1 aliphatic rings. The molecule has 1 aromatic carbocycles. The van der Waals surface area contributed by atoms with E-state index < -0.39 is 5.54 Å². The quantitative estimate of drug-likeness (QED) is 0.777. The average Bonchev–Trinajstić information content (AvgIpc) is 3.22. The SMILES string of the molecule is Cc1ccc(F)c(OCCCC(C)(C#N)NC2CC2)c1. The van der Waals surface area contributed by atoms with Gasteiger partial charge in [-0.25, -0.2) is 4.39 Å². The summed E-state index contributed by atoms with van der Waals surface area (Å²) < 4.78 is 19.0. The monoisotopic (exact) mass is 276 g/mol. The molecule has 20 heavy (non-hydrogen) atoms. The van der Waals surface area contributed by atoms with Gasteiger partial charge in [-0.1, -0.05) is 6.07 Å². The van der Waals surface area contributed by atoms with E-state index in [2.05, 4.69) is 11.4 Å². The van der Waals surface area contributed by atoms with Crippen molar-refractivity contribution in [1.82, 2.24) is 5.32 Å². The maximum atomic E-state index is 13.5. The van der Waals surface area contributed by atoms with Crippen molar-refractivity contribution in [2.24, 2.45) is 0 Å². The van der Waals surface area contributed by atoms with E-state index in [0.717, 1.165) is 24.8 Å². The minimum Gasteiger partial charge on any atom is -0.491 e. The van der Waals surface area contributed by atoms with Crippen LogP contribution in [0.25, 0.3) is 0 Å². The molecule has 0 aromatic heterocycles. The maximum absolute atomic E-state index is 13.5. The molecule has 4 heteroatoms. The highest BCUT2D eigenvalue weighted by molar-refractivity contribution is 5.29. The lowest BCUT2D eigenvalue weighted by molar-refractivity contribution is 0.273. The number of aryl methyl sites for hydroxylation is 1. The van der Waals surface area contributed by atoms with Gasteiger partial charge in [0.25, 0.3) is 0 Å². The Morgan fingerprint density at radius 3 is 2.90 bits per heavy atom. The van der Waals surface area contributed by atoms with E-state index in [-0.39, 0.29) is 5.82 Å². The van der Waals surface area contributed by atoms with E-state index in [1.165, 1.54) is 6.07 Å². The van der Waals surface area contributed by atoms with Gasteiger partial charge < -0.3 is 4.74 Å². The summed E-state index contributed by atoms with van der Waals surface area (Å²) in [5, 5.41) is 12.6. The van der Waals surface area contributed by atoms with E-state index in [1.807, 2.05) is 13.8 Å². The summed E-state index contributed by atoms with van der Waals surface area (Å²) in [4.78, 5) is 0. The summed E-state index contributed by atoms with van der Waals surface area (Å²) in [7, 11) is 0. The lowest BCUT2D eigenvalue weighted by atomic mass is 9.98. The summed E-state index contributed by atoms with van der Waals surface area (Å²) in [5.41, 5.74) is 0.467. The number of nitrogens with zero attached hydrogens (tertiary/aromatic N) is 1. The molecule has 0 bridgehead atoms. The fourth-order valence-electron chi connectivity index (χ4n) is 2.17. The zero-order chi connectivity index (χ0) is 14.6. The van der Waals surface area contributed by atoms with Crippen LogP contribution in [0.4, 0.5) is 4.39 Å². The Labute approximate surface area is 119 Å². The van der Waals surface area contributed by atoms with Crippen molar-refractivity contribution in [1.29, 1.82) is 5.26 Å². The Balaban J connectivity index is 1.77. The van der Waals surface area contributed by atoms with Crippen molar-refractivity contribution < 1.29 is 9.13 Å². The Bertz CT molecular complexity index is 508. The van der Waals surface area contributed by atoms with E-state index in [9.17, 15) is 9.65 Å². The van der Waals surface area contributed by atoms with Crippen LogP contribution in [-0.4, -0.2) is 18.2 Å². The van der Waals surface area contributed by atoms with Crippen molar-refractivity contribution in [3.05, 3.63) is 29.6 Å². The fraction of sp³-hybridized carbons (Fsp3) is 0.562. The first-order valence-electron chi connectivity index (χ1n) is 7.10. The molecule has 3 nitrogen and oxygen atoms in total. The standard InChI is InChI=1S/C16H21FN2O/c1-12-4-7-14(17)15(10-12)20-9-3-8-16(2,11-18)19-13-5-6-13/h4,7,10,13,19H,3,5-6,8-9H2,1-2H3. The van der Waals surface area contributed by atoms with Gasteiger partial charge in [-0.3, -0.25) is 5.32 Å². The van der Waals surface area contributed by atoms with Crippen LogP contribution in [0, 0.1) is 24.1 Å². The molecular weight excluding hydrogens is 255 g/mol. The van der Waals surface area contributed by atoms with Crippen molar-refractivity contribution in [3.63, 3.8) is 0 Å². The van der Waals surface area contributed by atoms with Crippen LogP contribution in [0.5, 0.6) is 5.75 Å². The average molecular weight is 276 g/mol. The second-order valence-corrected chi connectivity index (χ2v) is 5.75. The maximum Gasteiger partial charge on any atom is 0.165 e. The van der Waals surface area contributed by atoms with Crippen LogP contribution in [-0.2, 0) is 0 Å². The third-order valence-electron chi connectivity index (χ3n) is 3.51. The van der Waals surface area contributed by atoms with Gasteiger partial charge in [-0.15, -0.1) is 0 Å². The molecule has 0 radical (unpaired) electrons. The molecule has 108 valence electrons. The van der Waals surface area contributed by atoms with Gasteiger partial charge in [0.2, 0.25) is 0 Å². The fourth-order valence-corrected chi connectivity index (χ4v) is 2.17. The van der Waals surface area contributed by atoms with Crippen LogP contribution >= 0.6 is 0 Å². The normalized spacial score (nSPS) is 17.3. The third-order valence-corrected chi connectivity index (χ3v) is 3.51. The van der Waals surface area contributed by atoms with Gasteiger partial charge in [0.05, 0.1) is 12.7 Å². The Kier molecular flexibility index (Phi) is 4.61. The third kappa shape index (κ3) is 4.21. The van der Waals surface area contributed by atoms with E-state index in [4.69, 9.17) is 4.74 Å². The Morgan fingerprint density at radius 2 is 2.25 bits per heavy atom. The van der Waals surface area contributed by atoms with Crippen LogP contribution < -0.4 is 10.1 Å². The van der Waals surface area contributed by atoms with Gasteiger partial charge in [0, 0.05) is 6.04 Å². The molecule has 0 amide bonds. The highest BCUT2D eigenvalue weighted by Crippen LogP contribution is 2.25. The minimum atomic E-state index is -0.504. The van der Waals surface area contributed by atoms with Gasteiger partial charge in [-0.05, 0) is 57.2 Å². The zero-order valence-electron chi connectivity index (χ0n) is 12.1. The number of rotatable bonds is 7. The molecule has 1 atom stereocenters. The number of hydrogen-bond donors (Lipinski definition) is 1. The Morgan fingerprint density at radius 1 is 1.50 bits per heavy atom. The molecule has 1 aromatic rings. The van der Waals surface area contributed by atoms with Crippen molar-refractivity contribution in [3.8, 4) is 11.8 Å². The summed E-state index contributed by atoms with van der Waals surface area (Å²) in [6.07, 6.45) is 3.73. The number of hydrogen-bond acceptors (Lipinski definition) is 3. The van der Waals surface area contributed by atoms with Crippen molar-refractivity contribution in [2.45, 2.75) is 51.1 Å². The molecule has 1 N–H and O–H groups in total. The van der Waals surface area contributed by atoms with Crippen LogP contribution in [0.2, 0.25) is 0 Å². The van der Waals surface area contributed by atoms with Crippen molar-refractivity contribution >= 4 is 0 Å². The number of nitrogens with one attached hydrogen (secondary N) is 1. The number of halogens is 1.